The molecule has 0 spiro atoms. The van der Waals surface area contributed by atoms with Crippen molar-refractivity contribution in [2.45, 2.75) is 12.5 Å². The average molecular weight is 482 g/mol. The van der Waals surface area contributed by atoms with Crippen molar-refractivity contribution in [3.63, 3.8) is 0 Å². The van der Waals surface area contributed by atoms with Gasteiger partial charge >= 0.3 is 5.97 Å². The number of benzene rings is 1. The van der Waals surface area contributed by atoms with Crippen LogP contribution in [-0.2, 0) is 9.53 Å². The summed E-state index contributed by atoms with van der Waals surface area (Å²) in [5, 5.41) is 6.54. The van der Waals surface area contributed by atoms with E-state index in [-0.39, 0.29) is 5.69 Å². The van der Waals surface area contributed by atoms with Crippen molar-refractivity contribution in [1.29, 1.82) is 0 Å². The van der Waals surface area contributed by atoms with Gasteiger partial charge in [0.2, 0.25) is 0 Å². The largest absolute Gasteiger partial charge is 0.467 e. The number of carbonyl (C=O) groups is 2. The number of furan rings is 2. The van der Waals surface area contributed by atoms with E-state index in [2.05, 4.69) is 26.0 Å². The molecule has 8 nitrogen and oxygen atoms in total. The van der Waals surface area contributed by atoms with Gasteiger partial charge in [0.05, 0.1) is 17.0 Å². The highest BCUT2D eigenvalue weighted by atomic mass is 79.9. The molecule has 4 aromatic rings. The minimum atomic E-state index is -0.639. The van der Waals surface area contributed by atoms with Crippen molar-refractivity contribution in [3.05, 3.63) is 82.7 Å². The quantitative estimate of drug-likeness (QED) is 0.418. The van der Waals surface area contributed by atoms with Crippen molar-refractivity contribution in [2.75, 3.05) is 6.61 Å². The Labute approximate surface area is 184 Å². The van der Waals surface area contributed by atoms with Crippen LogP contribution < -0.4 is 0 Å². The summed E-state index contributed by atoms with van der Waals surface area (Å²) in [6.07, 6.45) is 3.51. The first-order chi connectivity index (χ1) is 15.1. The van der Waals surface area contributed by atoms with E-state index < -0.39 is 24.5 Å². The van der Waals surface area contributed by atoms with Gasteiger partial charge in [-0.3, -0.25) is 4.79 Å². The van der Waals surface area contributed by atoms with Crippen molar-refractivity contribution in [3.8, 4) is 0 Å². The Morgan fingerprint density at radius 1 is 1.13 bits per heavy atom. The molecule has 0 fully saturated rings. The molecular formula is C22H16BrN3O5. The Hall–Kier alpha value is -3.59. The van der Waals surface area contributed by atoms with Crippen LogP contribution in [0, 0.1) is 0 Å². The number of esters is 1. The standard InChI is InChI=1S/C22H16BrN3O5/c23-20-13-5-1-2-6-14(13)24-21(20)22(28)31-12-19(27)26-16(18-8-4-10-30-18)11-15(25-26)17-7-3-9-29-17/h1-10,16,24H,11-12H2. The maximum atomic E-state index is 12.9. The van der Waals surface area contributed by atoms with Gasteiger partial charge in [0.15, 0.2) is 6.61 Å². The maximum Gasteiger partial charge on any atom is 0.356 e. The number of hydrogen-bond acceptors (Lipinski definition) is 6. The number of nitrogens with zero attached hydrogens (tertiary/aromatic N) is 2. The van der Waals surface area contributed by atoms with Crippen LogP contribution in [-0.4, -0.2) is 34.2 Å². The summed E-state index contributed by atoms with van der Waals surface area (Å²) in [5.41, 5.74) is 1.65. The summed E-state index contributed by atoms with van der Waals surface area (Å²) >= 11 is 3.42. The number of H-pyrrole nitrogens is 1. The minimum Gasteiger partial charge on any atom is -0.467 e. The Bertz CT molecular complexity index is 1270. The van der Waals surface area contributed by atoms with E-state index in [9.17, 15) is 9.59 Å². The van der Waals surface area contributed by atoms with Gasteiger partial charge in [0.25, 0.3) is 5.91 Å². The number of carbonyl (C=O) groups excluding carboxylic acids is 2. The van der Waals surface area contributed by atoms with E-state index in [4.69, 9.17) is 13.6 Å². The van der Waals surface area contributed by atoms with Crippen LogP contribution in [0.2, 0.25) is 0 Å². The molecule has 0 bridgehead atoms. The predicted molar refractivity (Wildman–Crippen MR) is 114 cm³/mol. The van der Waals surface area contributed by atoms with Gasteiger partial charge < -0.3 is 18.6 Å². The Kier molecular flexibility index (Phi) is 4.95. The second-order valence-electron chi connectivity index (χ2n) is 6.93. The van der Waals surface area contributed by atoms with Crippen LogP contribution in [0.25, 0.3) is 10.9 Å². The predicted octanol–water partition coefficient (Wildman–Crippen LogP) is 4.65. The van der Waals surface area contributed by atoms with Crippen LogP contribution in [0.15, 0.2) is 79.5 Å². The first kappa shape index (κ1) is 19.4. The van der Waals surface area contributed by atoms with Gasteiger partial charge in [-0.15, -0.1) is 0 Å². The van der Waals surface area contributed by atoms with E-state index in [0.717, 1.165) is 10.9 Å². The van der Waals surface area contributed by atoms with Crippen LogP contribution in [0.3, 0.4) is 0 Å². The molecule has 9 heteroatoms. The summed E-state index contributed by atoms with van der Waals surface area (Å²) in [7, 11) is 0. The monoisotopic (exact) mass is 481 g/mol. The van der Waals surface area contributed by atoms with E-state index in [1.54, 1.807) is 30.5 Å². The zero-order valence-corrected chi connectivity index (χ0v) is 17.7. The molecule has 1 aromatic carbocycles. The van der Waals surface area contributed by atoms with Crippen molar-refractivity contribution >= 4 is 44.4 Å². The molecule has 1 aliphatic rings. The molecule has 31 heavy (non-hydrogen) atoms. The molecule has 1 atom stereocenters. The Morgan fingerprint density at radius 2 is 1.94 bits per heavy atom. The van der Waals surface area contributed by atoms with E-state index in [1.807, 2.05) is 24.3 Å². The van der Waals surface area contributed by atoms with Gasteiger partial charge in [-0.25, -0.2) is 9.80 Å². The summed E-state index contributed by atoms with van der Waals surface area (Å²) in [4.78, 5) is 28.5. The lowest BCUT2D eigenvalue weighted by molar-refractivity contribution is -0.136. The first-order valence-electron chi connectivity index (χ1n) is 9.52. The summed E-state index contributed by atoms with van der Waals surface area (Å²) in [6.45, 7) is -0.465. The summed E-state index contributed by atoms with van der Waals surface area (Å²) in [6, 6.07) is 14.1. The number of rotatable bonds is 5. The highest BCUT2D eigenvalue weighted by molar-refractivity contribution is 9.10. The lowest BCUT2D eigenvalue weighted by Gasteiger charge is -2.19. The van der Waals surface area contributed by atoms with Gasteiger partial charge in [-0.05, 0) is 46.3 Å². The number of ether oxygens (including phenoxy) is 1. The smallest absolute Gasteiger partial charge is 0.356 e. The van der Waals surface area contributed by atoms with Gasteiger partial charge in [0, 0.05) is 17.3 Å². The second-order valence-corrected chi connectivity index (χ2v) is 7.73. The normalized spacial score (nSPS) is 16.0. The SMILES string of the molecule is O=C(OCC(=O)N1N=C(c2ccco2)CC1c1ccco1)c1[nH]c2ccccc2c1Br. The molecule has 0 radical (unpaired) electrons. The number of fused-ring (bicyclic) bond motifs is 1. The molecule has 3 aromatic heterocycles. The molecular weight excluding hydrogens is 466 g/mol. The molecule has 0 aliphatic carbocycles. The minimum absolute atomic E-state index is 0.248. The number of nitrogens with one attached hydrogen (secondary N) is 1. The number of aromatic amines is 1. The second kappa shape index (κ2) is 7.92. The first-order valence-corrected chi connectivity index (χ1v) is 10.3. The highest BCUT2D eigenvalue weighted by Crippen LogP contribution is 2.33. The molecule has 4 heterocycles. The maximum absolute atomic E-state index is 12.9. The van der Waals surface area contributed by atoms with Gasteiger partial charge in [0.1, 0.15) is 29.0 Å². The van der Waals surface area contributed by atoms with Crippen molar-refractivity contribution in [1.82, 2.24) is 9.99 Å². The zero-order valence-electron chi connectivity index (χ0n) is 16.1. The number of halogens is 1. The topological polar surface area (TPSA) is 101 Å². The molecule has 0 saturated heterocycles. The van der Waals surface area contributed by atoms with Crippen LogP contribution in [0.1, 0.15) is 34.5 Å². The third kappa shape index (κ3) is 3.57. The van der Waals surface area contributed by atoms with Crippen LogP contribution in [0.5, 0.6) is 0 Å². The fourth-order valence-corrected chi connectivity index (χ4v) is 4.16. The molecule has 0 saturated carbocycles. The number of para-hydroxylation sites is 1. The summed E-state index contributed by atoms with van der Waals surface area (Å²) in [5.74, 6) is 0.0538. The molecule has 1 unspecified atom stereocenters. The number of hydrazone groups is 1. The molecule has 1 N–H and O–H groups in total. The lowest BCUT2D eigenvalue weighted by Crippen LogP contribution is -2.31. The van der Waals surface area contributed by atoms with E-state index >= 15 is 0 Å². The molecule has 1 amide bonds. The summed E-state index contributed by atoms with van der Waals surface area (Å²) < 4.78 is 16.8. The van der Waals surface area contributed by atoms with Crippen LogP contribution in [0.4, 0.5) is 0 Å². The zero-order chi connectivity index (χ0) is 21.4. The lowest BCUT2D eigenvalue weighted by atomic mass is 10.1. The third-order valence-electron chi connectivity index (χ3n) is 5.02. The third-order valence-corrected chi connectivity index (χ3v) is 5.84. The van der Waals surface area contributed by atoms with Crippen molar-refractivity contribution in [2.24, 2.45) is 5.10 Å². The van der Waals surface area contributed by atoms with E-state index in [0.29, 0.717) is 28.1 Å². The molecule has 156 valence electrons. The number of aromatic nitrogens is 1. The Morgan fingerprint density at radius 3 is 2.68 bits per heavy atom. The van der Waals surface area contributed by atoms with Gasteiger partial charge in [-0.2, -0.15) is 5.10 Å². The number of amides is 1. The number of hydrogen-bond donors (Lipinski definition) is 1. The van der Waals surface area contributed by atoms with E-state index in [1.165, 1.54) is 11.3 Å². The Balaban J connectivity index is 1.34. The van der Waals surface area contributed by atoms with Crippen LogP contribution >= 0.6 is 15.9 Å². The average Bonchev–Trinajstić information content (AvgIpc) is 3.58. The molecule has 1 aliphatic heterocycles. The van der Waals surface area contributed by atoms with Crippen molar-refractivity contribution < 1.29 is 23.2 Å². The molecule has 5 rings (SSSR count). The fraction of sp³-hybridized carbons (Fsp3) is 0.136. The fourth-order valence-electron chi connectivity index (χ4n) is 3.55. The highest BCUT2D eigenvalue weighted by Gasteiger charge is 2.36. The van der Waals surface area contributed by atoms with Gasteiger partial charge in [-0.1, -0.05) is 18.2 Å².